The Morgan fingerprint density at radius 3 is 2.54 bits per heavy atom. The van der Waals surface area contributed by atoms with E-state index in [1.165, 1.54) is 23.3 Å². The zero-order chi connectivity index (χ0) is 20.1. The minimum absolute atomic E-state index is 0.0636. The maximum Gasteiger partial charge on any atom is 0.269 e. The zero-order valence-electron chi connectivity index (χ0n) is 15.7. The Kier molecular flexibility index (Phi) is 6.16. The van der Waals surface area contributed by atoms with Crippen LogP contribution in [0.15, 0.2) is 60.7 Å². The van der Waals surface area contributed by atoms with Crippen molar-refractivity contribution in [1.29, 1.82) is 0 Å². The van der Waals surface area contributed by atoms with Crippen LogP contribution in [0.25, 0.3) is 0 Å². The molecule has 0 saturated heterocycles. The van der Waals surface area contributed by atoms with E-state index >= 15 is 0 Å². The molecule has 0 aliphatic carbocycles. The number of ether oxygens (including phenoxy) is 1. The molecule has 0 heterocycles. The van der Waals surface area contributed by atoms with Gasteiger partial charge >= 0.3 is 0 Å². The monoisotopic (exact) mass is 396 g/mol. The number of nitro groups is 1. The fraction of sp³-hybridized carbons (Fsp3) is 0.182. The van der Waals surface area contributed by atoms with Gasteiger partial charge in [0.25, 0.3) is 5.69 Å². The van der Waals surface area contributed by atoms with Gasteiger partial charge in [0.2, 0.25) is 0 Å². The van der Waals surface area contributed by atoms with Gasteiger partial charge in [-0.25, -0.2) is 0 Å². The van der Waals surface area contributed by atoms with Crippen molar-refractivity contribution in [2.45, 2.75) is 27.0 Å². The third-order valence-corrected chi connectivity index (χ3v) is 4.87. The third-order valence-electron chi connectivity index (χ3n) is 4.64. The summed E-state index contributed by atoms with van der Waals surface area (Å²) in [5.41, 5.74) is 5.36. The lowest BCUT2D eigenvalue weighted by molar-refractivity contribution is -0.384. The van der Waals surface area contributed by atoms with E-state index < -0.39 is 4.92 Å². The molecule has 0 radical (unpaired) electrons. The summed E-state index contributed by atoms with van der Waals surface area (Å²) < 4.78 is 5.95. The Morgan fingerprint density at radius 2 is 1.82 bits per heavy atom. The molecular weight excluding hydrogens is 376 g/mol. The number of halogens is 1. The Hall–Kier alpha value is -3.05. The topological polar surface area (TPSA) is 64.4 Å². The molecule has 144 valence electrons. The largest absolute Gasteiger partial charge is 0.489 e. The van der Waals surface area contributed by atoms with Crippen molar-refractivity contribution in [1.82, 2.24) is 0 Å². The van der Waals surface area contributed by atoms with Crippen LogP contribution in [-0.4, -0.2) is 4.92 Å². The number of nitrogens with one attached hydrogen (secondary N) is 1. The van der Waals surface area contributed by atoms with E-state index in [-0.39, 0.29) is 5.69 Å². The SMILES string of the molecule is Cc1cccc(NCc2cc(Cl)ccc2OCc2ccc([N+](=O)[O-])cc2)c1C. The molecule has 3 aromatic carbocycles. The van der Waals surface area contributed by atoms with Crippen molar-refractivity contribution >= 4 is 23.0 Å². The summed E-state index contributed by atoms with van der Waals surface area (Å²) in [5.74, 6) is 0.723. The van der Waals surface area contributed by atoms with Crippen LogP contribution < -0.4 is 10.1 Å². The highest BCUT2D eigenvalue weighted by Crippen LogP contribution is 2.26. The van der Waals surface area contributed by atoms with Crippen LogP contribution in [0.1, 0.15) is 22.3 Å². The summed E-state index contributed by atoms with van der Waals surface area (Å²) in [7, 11) is 0. The molecule has 0 atom stereocenters. The van der Waals surface area contributed by atoms with E-state index in [1.807, 2.05) is 24.3 Å². The standard InChI is InChI=1S/C22H21ClN2O3/c1-15-4-3-5-21(16(15)2)24-13-18-12-19(23)8-11-22(18)28-14-17-6-9-20(10-7-17)25(26)27/h3-12,24H,13-14H2,1-2H3. The Morgan fingerprint density at radius 1 is 1.07 bits per heavy atom. The van der Waals surface area contributed by atoms with Crippen LogP contribution in [0.4, 0.5) is 11.4 Å². The van der Waals surface area contributed by atoms with E-state index in [2.05, 4.69) is 25.2 Å². The average Bonchev–Trinajstić information content (AvgIpc) is 2.68. The number of hydrogen-bond acceptors (Lipinski definition) is 4. The van der Waals surface area contributed by atoms with Crippen LogP contribution in [0.5, 0.6) is 5.75 Å². The van der Waals surface area contributed by atoms with Gasteiger partial charge in [-0.05, 0) is 66.9 Å². The maximum atomic E-state index is 10.8. The van der Waals surface area contributed by atoms with Crippen LogP contribution in [0, 0.1) is 24.0 Å². The van der Waals surface area contributed by atoms with Gasteiger partial charge in [0.05, 0.1) is 4.92 Å². The molecular formula is C22H21ClN2O3. The van der Waals surface area contributed by atoms with E-state index in [0.717, 1.165) is 22.6 Å². The van der Waals surface area contributed by atoms with Crippen molar-refractivity contribution < 1.29 is 9.66 Å². The summed E-state index contributed by atoms with van der Waals surface area (Å²) in [6.07, 6.45) is 0. The zero-order valence-corrected chi connectivity index (χ0v) is 16.5. The number of nitrogens with zero attached hydrogens (tertiary/aromatic N) is 1. The lowest BCUT2D eigenvalue weighted by Gasteiger charge is -2.15. The molecule has 0 aliphatic rings. The van der Waals surface area contributed by atoms with Crippen molar-refractivity contribution in [3.05, 3.63) is 98.1 Å². The highest BCUT2D eigenvalue weighted by Gasteiger charge is 2.09. The fourth-order valence-electron chi connectivity index (χ4n) is 2.84. The third kappa shape index (κ3) is 4.81. The van der Waals surface area contributed by atoms with Gasteiger partial charge in [0.1, 0.15) is 12.4 Å². The lowest BCUT2D eigenvalue weighted by atomic mass is 10.1. The minimum Gasteiger partial charge on any atom is -0.489 e. The second-order valence-corrected chi connectivity index (χ2v) is 7.00. The summed E-state index contributed by atoms with van der Waals surface area (Å²) in [6.45, 7) is 5.05. The Bertz CT molecular complexity index is 988. The quantitative estimate of drug-likeness (QED) is 0.389. The summed E-state index contributed by atoms with van der Waals surface area (Å²) in [6, 6.07) is 18.0. The molecule has 5 nitrogen and oxygen atoms in total. The predicted octanol–water partition coefficient (Wildman–Crippen LogP) is 6.06. The highest BCUT2D eigenvalue weighted by molar-refractivity contribution is 6.30. The van der Waals surface area contributed by atoms with E-state index in [0.29, 0.717) is 18.2 Å². The number of hydrogen-bond donors (Lipinski definition) is 1. The first-order valence-electron chi connectivity index (χ1n) is 8.88. The van der Waals surface area contributed by atoms with Crippen molar-refractivity contribution in [2.24, 2.45) is 0 Å². The Balaban J connectivity index is 1.71. The first kappa shape index (κ1) is 19.7. The van der Waals surface area contributed by atoms with E-state index in [9.17, 15) is 10.1 Å². The first-order valence-corrected chi connectivity index (χ1v) is 9.26. The van der Waals surface area contributed by atoms with Crippen LogP contribution >= 0.6 is 11.6 Å². The summed E-state index contributed by atoms with van der Waals surface area (Å²) in [5, 5.41) is 14.8. The number of anilines is 1. The molecule has 0 saturated carbocycles. The molecule has 0 spiro atoms. The maximum absolute atomic E-state index is 10.8. The molecule has 3 rings (SSSR count). The molecule has 1 N–H and O–H groups in total. The lowest BCUT2D eigenvalue weighted by Crippen LogP contribution is -2.05. The Labute approximate surface area is 169 Å². The van der Waals surface area contributed by atoms with Crippen molar-refractivity contribution in [3.8, 4) is 5.75 Å². The summed E-state index contributed by atoms with van der Waals surface area (Å²) >= 11 is 6.17. The molecule has 0 bridgehead atoms. The van der Waals surface area contributed by atoms with Gasteiger partial charge in [-0.1, -0.05) is 23.7 Å². The average molecular weight is 397 g/mol. The van der Waals surface area contributed by atoms with Gasteiger partial charge in [0, 0.05) is 35.0 Å². The van der Waals surface area contributed by atoms with Gasteiger partial charge in [-0.15, -0.1) is 0 Å². The van der Waals surface area contributed by atoms with Gasteiger partial charge in [0.15, 0.2) is 0 Å². The molecule has 0 fully saturated rings. The molecule has 0 amide bonds. The van der Waals surface area contributed by atoms with Crippen LogP contribution in [0.2, 0.25) is 5.02 Å². The van der Waals surface area contributed by atoms with Crippen LogP contribution in [0.3, 0.4) is 0 Å². The number of nitro benzene ring substituents is 1. The molecule has 0 aromatic heterocycles. The second kappa shape index (κ2) is 8.76. The molecule has 6 heteroatoms. The highest BCUT2D eigenvalue weighted by atomic mass is 35.5. The number of benzene rings is 3. The van der Waals surface area contributed by atoms with Crippen molar-refractivity contribution in [3.63, 3.8) is 0 Å². The number of rotatable bonds is 7. The van der Waals surface area contributed by atoms with Gasteiger partial charge in [-0.2, -0.15) is 0 Å². The smallest absolute Gasteiger partial charge is 0.269 e. The molecule has 3 aromatic rings. The minimum atomic E-state index is -0.416. The van der Waals surface area contributed by atoms with E-state index in [4.69, 9.17) is 16.3 Å². The predicted molar refractivity (Wildman–Crippen MR) is 112 cm³/mol. The van der Waals surface area contributed by atoms with Gasteiger partial charge < -0.3 is 10.1 Å². The van der Waals surface area contributed by atoms with Crippen LogP contribution in [-0.2, 0) is 13.2 Å². The van der Waals surface area contributed by atoms with Crippen molar-refractivity contribution in [2.75, 3.05) is 5.32 Å². The number of non-ortho nitro benzene ring substituents is 1. The molecule has 0 aliphatic heterocycles. The van der Waals surface area contributed by atoms with E-state index in [1.54, 1.807) is 18.2 Å². The normalized spacial score (nSPS) is 10.5. The summed E-state index contributed by atoms with van der Waals surface area (Å²) in [4.78, 5) is 10.3. The first-order chi connectivity index (χ1) is 13.4. The molecule has 28 heavy (non-hydrogen) atoms. The fourth-order valence-corrected chi connectivity index (χ4v) is 3.03. The number of aryl methyl sites for hydroxylation is 1. The molecule has 0 unspecified atom stereocenters. The van der Waals surface area contributed by atoms with Gasteiger partial charge in [-0.3, -0.25) is 10.1 Å². The second-order valence-electron chi connectivity index (χ2n) is 6.57.